The SMILES string of the molecule is CCN(CC)CCOCCNC(=O)Cc1cccs1. The number of carbonyl (C=O) groups is 1. The van der Waals surface area contributed by atoms with E-state index < -0.39 is 0 Å². The number of hydrogen-bond acceptors (Lipinski definition) is 4. The smallest absolute Gasteiger partial charge is 0.225 e. The molecule has 0 aromatic carbocycles. The molecular weight excluding hydrogens is 260 g/mol. The van der Waals surface area contributed by atoms with Crippen molar-refractivity contribution in [1.82, 2.24) is 10.2 Å². The van der Waals surface area contributed by atoms with Crippen LogP contribution in [0.4, 0.5) is 0 Å². The van der Waals surface area contributed by atoms with Crippen LogP contribution in [0.15, 0.2) is 17.5 Å². The van der Waals surface area contributed by atoms with Crippen molar-refractivity contribution in [3.8, 4) is 0 Å². The molecule has 0 atom stereocenters. The zero-order chi connectivity index (χ0) is 13.9. The summed E-state index contributed by atoms with van der Waals surface area (Å²) in [7, 11) is 0. The van der Waals surface area contributed by atoms with Gasteiger partial charge in [-0.15, -0.1) is 11.3 Å². The average molecular weight is 284 g/mol. The van der Waals surface area contributed by atoms with E-state index in [-0.39, 0.29) is 5.91 Å². The molecule has 1 N–H and O–H groups in total. The third-order valence-corrected chi connectivity index (χ3v) is 3.81. The molecule has 1 rings (SSSR count). The van der Waals surface area contributed by atoms with Crippen LogP contribution in [-0.2, 0) is 16.0 Å². The van der Waals surface area contributed by atoms with E-state index in [1.165, 1.54) is 0 Å². The van der Waals surface area contributed by atoms with Crippen molar-refractivity contribution < 1.29 is 9.53 Å². The summed E-state index contributed by atoms with van der Waals surface area (Å²) in [5, 5.41) is 4.85. The molecule has 0 saturated carbocycles. The quantitative estimate of drug-likeness (QED) is 0.666. The second kappa shape index (κ2) is 9.95. The lowest BCUT2D eigenvalue weighted by Crippen LogP contribution is -2.30. The maximum atomic E-state index is 11.6. The average Bonchev–Trinajstić information content (AvgIpc) is 2.91. The molecule has 0 fully saturated rings. The molecule has 1 heterocycles. The lowest BCUT2D eigenvalue weighted by atomic mass is 10.3. The molecule has 5 heteroatoms. The number of rotatable bonds is 10. The number of likely N-dealkylation sites (N-methyl/N-ethyl adjacent to an activating group) is 1. The standard InChI is InChI=1S/C14H24N2O2S/c1-3-16(4-2)8-10-18-9-7-15-14(17)12-13-6-5-11-19-13/h5-6,11H,3-4,7-10,12H2,1-2H3,(H,15,17). The van der Waals surface area contributed by atoms with E-state index in [1.54, 1.807) is 11.3 Å². The fourth-order valence-corrected chi connectivity index (χ4v) is 2.44. The van der Waals surface area contributed by atoms with Crippen molar-refractivity contribution in [1.29, 1.82) is 0 Å². The van der Waals surface area contributed by atoms with Gasteiger partial charge >= 0.3 is 0 Å². The second-order valence-corrected chi connectivity index (χ2v) is 5.28. The Bertz CT molecular complexity index is 337. The number of nitrogens with zero attached hydrogens (tertiary/aromatic N) is 1. The minimum atomic E-state index is 0.0646. The molecule has 0 radical (unpaired) electrons. The molecule has 108 valence electrons. The first-order chi connectivity index (χ1) is 9.26. The van der Waals surface area contributed by atoms with E-state index in [2.05, 4.69) is 24.1 Å². The molecule has 1 aromatic rings. The summed E-state index contributed by atoms with van der Waals surface area (Å²) in [4.78, 5) is 15.0. The zero-order valence-corrected chi connectivity index (χ0v) is 12.7. The molecule has 0 saturated heterocycles. The summed E-state index contributed by atoms with van der Waals surface area (Å²) in [6.45, 7) is 9.25. The minimum Gasteiger partial charge on any atom is -0.378 e. The Morgan fingerprint density at radius 1 is 1.37 bits per heavy atom. The van der Waals surface area contributed by atoms with Gasteiger partial charge < -0.3 is 15.0 Å². The van der Waals surface area contributed by atoms with E-state index in [9.17, 15) is 4.79 Å². The Morgan fingerprint density at radius 3 is 2.79 bits per heavy atom. The summed E-state index contributed by atoms with van der Waals surface area (Å²) in [5.74, 6) is 0.0646. The molecule has 1 amide bonds. The van der Waals surface area contributed by atoms with Crippen molar-refractivity contribution in [2.75, 3.05) is 39.4 Å². The first-order valence-electron chi connectivity index (χ1n) is 6.85. The number of amides is 1. The highest BCUT2D eigenvalue weighted by molar-refractivity contribution is 7.10. The zero-order valence-electron chi connectivity index (χ0n) is 11.9. The Balaban J connectivity index is 1.97. The van der Waals surface area contributed by atoms with Crippen molar-refractivity contribution in [2.45, 2.75) is 20.3 Å². The molecule has 4 nitrogen and oxygen atoms in total. The van der Waals surface area contributed by atoms with Gasteiger partial charge in [0.05, 0.1) is 19.6 Å². The summed E-state index contributed by atoms with van der Waals surface area (Å²) >= 11 is 1.61. The number of ether oxygens (including phenoxy) is 1. The van der Waals surface area contributed by atoms with Gasteiger partial charge in [0.2, 0.25) is 5.91 Å². The normalized spacial score (nSPS) is 10.9. The van der Waals surface area contributed by atoms with Gasteiger partial charge in [-0.1, -0.05) is 19.9 Å². The fourth-order valence-electron chi connectivity index (χ4n) is 1.73. The lowest BCUT2D eigenvalue weighted by molar-refractivity contribution is -0.120. The summed E-state index contributed by atoms with van der Waals surface area (Å²) < 4.78 is 5.50. The van der Waals surface area contributed by atoms with E-state index in [0.717, 1.165) is 31.1 Å². The summed E-state index contributed by atoms with van der Waals surface area (Å²) in [5.41, 5.74) is 0. The predicted octanol–water partition coefficient (Wildman–Crippen LogP) is 1.77. The van der Waals surface area contributed by atoms with E-state index >= 15 is 0 Å². The number of hydrogen-bond donors (Lipinski definition) is 1. The monoisotopic (exact) mass is 284 g/mol. The van der Waals surface area contributed by atoms with Crippen LogP contribution in [-0.4, -0.2) is 50.2 Å². The molecule has 0 aliphatic rings. The molecule has 0 aliphatic heterocycles. The predicted molar refractivity (Wildman–Crippen MR) is 79.6 cm³/mol. The van der Waals surface area contributed by atoms with Crippen LogP contribution in [0.2, 0.25) is 0 Å². The van der Waals surface area contributed by atoms with Gasteiger partial charge in [0.25, 0.3) is 0 Å². The first-order valence-corrected chi connectivity index (χ1v) is 7.73. The molecule has 0 spiro atoms. The Morgan fingerprint density at radius 2 is 2.16 bits per heavy atom. The van der Waals surface area contributed by atoms with Gasteiger partial charge in [0, 0.05) is 18.0 Å². The highest BCUT2D eigenvalue weighted by Gasteiger charge is 2.03. The minimum absolute atomic E-state index is 0.0646. The topological polar surface area (TPSA) is 41.6 Å². The van der Waals surface area contributed by atoms with Gasteiger partial charge in [-0.3, -0.25) is 4.79 Å². The number of carbonyl (C=O) groups excluding carboxylic acids is 1. The van der Waals surface area contributed by atoms with Crippen LogP contribution >= 0.6 is 11.3 Å². The maximum Gasteiger partial charge on any atom is 0.225 e. The van der Waals surface area contributed by atoms with Crippen LogP contribution in [0, 0.1) is 0 Å². The fraction of sp³-hybridized carbons (Fsp3) is 0.643. The maximum absolute atomic E-state index is 11.6. The number of thiophene rings is 1. The van der Waals surface area contributed by atoms with Crippen LogP contribution in [0.1, 0.15) is 18.7 Å². The van der Waals surface area contributed by atoms with Crippen molar-refractivity contribution in [3.05, 3.63) is 22.4 Å². The molecule has 0 bridgehead atoms. The van der Waals surface area contributed by atoms with Gasteiger partial charge in [-0.05, 0) is 24.5 Å². The third-order valence-electron chi connectivity index (χ3n) is 2.93. The highest BCUT2D eigenvalue weighted by Crippen LogP contribution is 2.08. The molecule has 19 heavy (non-hydrogen) atoms. The van der Waals surface area contributed by atoms with Crippen LogP contribution in [0.3, 0.4) is 0 Å². The molecular formula is C14H24N2O2S. The Labute approximate surface area is 119 Å². The van der Waals surface area contributed by atoms with Crippen molar-refractivity contribution in [2.24, 2.45) is 0 Å². The first kappa shape index (κ1) is 16.1. The Hall–Kier alpha value is -0.910. The van der Waals surface area contributed by atoms with Gasteiger partial charge in [-0.25, -0.2) is 0 Å². The Kier molecular flexibility index (Phi) is 8.45. The van der Waals surface area contributed by atoms with Crippen LogP contribution in [0.25, 0.3) is 0 Å². The van der Waals surface area contributed by atoms with Gasteiger partial charge in [-0.2, -0.15) is 0 Å². The van der Waals surface area contributed by atoms with Crippen LogP contribution in [0.5, 0.6) is 0 Å². The molecule has 0 aliphatic carbocycles. The molecule has 1 aromatic heterocycles. The van der Waals surface area contributed by atoms with Crippen LogP contribution < -0.4 is 5.32 Å². The van der Waals surface area contributed by atoms with E-state index in [0.29, 0.717) is 19.6 Å². The van der Waals surface area contributed by atoms with E-state index in [1.807, 2.05) is 17.5 Å². The van der Waals surface area contributed by atoms with Gasteiger partial charge in [0.1, 0.15) is 0 Å². The van der Waals surface area contributed by atoms with E-state index in [4.69, 9.17) is 4.74 Å². The summed E-state index contributed by atoms with van der Waals surface area (Å²) in [6, 6.07) is 3.94. The summed E-state index contributed by atoms with van der Waals surface area (Å²) in [6.07, 6.45) is 0.469. The highest BCUT2D eigenvalue weighted by atomic mass is 32.1. The largest absolute Gasteiger partial charge is 0.378 e. The van der Waals surface area contributed by atoms with Crippen molar-refractivity contribution in [3.63, 3.8) is 0 Å². The van der Waals surface area contributed by atoms with Crippen molar-refractivity contribution >= 4 is 17.2 Å². The van der Waals surface area contributed by atoms with Gasteiger partial charge in [0.15, 0.2) is 0 Å². The second-order valence-electron chi connectivity index (χ2n) is 4.25. The lowest BCUT2D eigenvalue weighted by Gasteiger charge is -2.17. The number of nitrogens with one attached hydrogen (secondary N) is 1. The third kappa shape index (κ3) is 7.30. The molecule has 0 unspecified atom stereocenters.